The lowest BCUT2D eigenvalue weighted by Gasteiger charge is -2.28. The Balaban J connectivity index is 2.31. The number of nitrogens with zero attached hydrogens (tertiary/aromatic N) is 3. The van der Waals surface area contributed by atoms with E-state index >= 15 is 0 Å². The lowest BCUT2D eigenvalue weighted by atomic mass is 9.84. The SMILES string of the molecule is CC(=O)C(n1cc(C2(CN)CC2)nn1)C(C)(C)C. The monoisotopic (exact) mass is 250 g/mol. The highest BCUT2D eigenvalue weighted by Gasteiger charge is 2.46. The van der Waals surface area contributed by atoms with Crippen molar-refractivity contribution in [2.24, 2.45) is 11.1 Å². The molecular formula is C13H22N4O. The second-order valence-corrected chi connectivity index (χ2v) is 6.45. The summed E-state index contributed by atoms with van der Waals surface area (Å²) in [6.07, 6.45) is 4.04. The highest BCUT2D eigenvalue weighted by Crippen LogP contribution is 2.46. The van der Waals surface area contributed by atoms with Gasteiger partial charge >= 0.3 is 0 Å². The highest BCUT2D eigenvalue weighted by atomic mass is 16.1. The number of aromatic nitrogens is 3. The molecule has 5 heteroatoms. The summed E-state index contributed by atoms with van der Waals surface area (Å²) in [6.45, 7) is 8.32. The van der Waals surface area contributed by atoms with Crippen molar-refractivity contribution in [2.45, 2.75) is 52.0 Å². The molecule has 18 heavy (non-hydrogen) atoms. The Bertz CT molecular complexity index is 454. The van der Waals surface area contributed by atoms with Gasteiger partial charge in [-0.2, -0.15) is 0 Å². The average molecular weight is 250 g/mol. The number of ketones is 1. The zero-order chi connectivity index (χ0) is 13.6. The third-order valence-electron chi connectivity index (χ3n) is 3.77. The van der Waals surface area contributed by atoms with Crippen LogP contribution in [0.2, 0.25) is 0 Å². The molecule has 0 aliphatic heterocycles. The van der Waals surface area contributed by atoms with E-state index in [2.05, 4.69) is 10.3 Å². The van der Waals surface area contributed by atoms with E-state index in [1.54, 1.807) is 11.6 Å². The van der Waals surface area contributed by atoms with Gasteiger partial charge in [-0.25, -0.2) is 4.68 Å². The summed E-state index contributed by atoms with van der Waals surface area (Å²) in [7, 11) is 0. The maximum atomic E-state index is 11.8. The van der Waals surface area contributed by atoms with E-state index in [1.807, 2.05) is 27.0 Å². The smallest absolute Gasteiger partial charge is 0.154 e. The van der Waals surface area contributed by atoms with Gasteiger partial charge in [0, 0.05) is 18.2 Å². The Labute approximate surface area is 108 Å². The maximum Gasteiger partial charge on any atom is 0.154 e. The zero-order valence-corrected chi connectivity index (χ0v) is 11.6. The van der Waals surface area contributed by atoms with Crippen molar-refractivity contribution in [1.29, 1.82) is 0 Å². The molecule has 1 unspecified atom stereocenters. The van der Waals surface area contributed by atoms with Crippen LogP contribution in [0, 0.1) is 5.41 Å². The molecule has 1 aromatic heterocycles. The molecule has 1 atom stereocenters. The number of carbonyl (C=O) groups excluding carboxylic acids is 1. The summed E-state index contributed by atoms with van der Waals surface area (Å²) in [4.78, 5) is 11.8. The molecule has 0 aromatic carbocycles. The van der Waals surface area contributed by atoms with Gasteiger partial charge in [-0.05, 0) is 25.2 Å². The average Bonchev–Trinajstić information content (AvgIpc) is 2.90. The van der Waals surface area contributed by atoms with Crippen LogP contribution in [0.4, 0.5) is 0 Å². The van der Waals surface area contributed by atoms with Gasteiger partial charge in [0.25, 0.3) is 0 Å². The van der Waals surface area contributed by atoms with E-state index in [-0.39, 0.29) is 22.7 Å². The molecule has 1 aromatic rings. The Kier molecular flexibility index (Phi) is 3.05. The van der Waals surface area contributed by atoms with Crippen LogP contribution in [0.25, 0.3) is 0 Å². The van der Waals surface area contributed by atoms with Crippen LogP contribution in [0.15, 0.2) is 6.20 Å². The minimum Gasteiger partial charge on any atom is -0.330 e. The number of rotatable bonds is 4. The van der Waals surface area contributed by atoms with Crippen molar-refractivity contribution in [3.05, 3.63) is 11.9 Å². The van der Waals surface area contributed by atoms with E-state index in [1.165, 1.54) is 0 Å². The van der Waals surface area contributed by atoms with E-state index < -0.39 is 0 Å². The molecule has 1 saturated carbocycles. The van der Waals surface area contributed by atoms with E-state index in [0.717, 1.165) is 18.5 Å². The van der Waals surface area contributed by atoms with Gasteiger partial charge in [-0.3, -0.25) is 4.79 Å². The molecule has 1 heterocycles. The third-order valence-corrected chi connectivity index (χ3v) is 3.77. The van der Waals surface area contributed by atoms with Crippen LogP contribution in [0.1, 0.15) is 52.3 Å². The first-order valence-electron chi connectivity index (χ1n) is 6.43. The first-order valence-corrected chi connectivity index (χ1v) is 6.43. The second kappa shape index (κ2) is 4.16. The number of Topliss-reactive ketones (excluding diaryl/α,β-unsaturated/α-hetero) is 1. The first kappa shape index (κ1) is 13.2. The second-order valence-electron chi connectivity index (χ2n) is 6.45. The van der Waals surface area contributed by atoms with Crippen molar-refractivity contribution in [2.75, 3.05) is 6.54 Å². The molecule has 0 spiro atoms. The minimum absolute atomic E-state index is 0.0253. The summed E-state index contributed by atoms with van der Waals surface area (Å²) >= 11 is 0. The van der Waals surface area contributed by atoms with Crippen LogP contribution in [-0.4, -0.2) is 27.3 Å². The van der Waals surface area contributed by atoms with Crippen LogP contribution >= 0.6 is 0 Å². The third kappa shape index (κ3) is 2.19. The fraction of sp³-hybridized carbons (Fsp3) is 0.769. The van der Waals surface area contributed by atoms with E-state index in [4.69, 9.17) is 5.73 Å². The fourth-order valence-corrected chi connectivity index (χ4v) is 2.55. The summed E-state index contributed by atoms with van der Waals surface area (Å²) < 4.78 is 1.70. The quantitative estimate of drug-likeness (QED) is 0.877. The van der Waals surface area contributed by atoms with Gasteiger partial charge < -0.3 is 5.73 Å². The summed E-state index contributed by atoms with van der Waals surface area (Å²) in [5, 5.41) is 8.37. The van der Waals surface area contributed by atoms with Crippen molar-refractivity contribution >= 4 is 5.78 Å². The van der Waals surface area contributed by atoms with Crippen molar-refractivity contribution in [3.63, 3.8) is 0 Å². The Morgan fingerprint density at radius 1 is 1.56 bits per heavy atom. The summed E-state index contributed by atoms with van der Waals surface area (Å²) in [5.41, 5.74) is 6.57. The van der Waals surface area contributed by atoms with Crippen LogP contribution in [0.5, 0.6) is 0 Å². The van der Waals surface area contributed by atoms with Gasteiger partial charge in [0.1, 0.15) is 6.04 Å². The summed E-state index contributed by atoms with van der Waals surface area (Å²) in [6, 6.07) is -0.271. The van der Waals surface area contributed by atoms with Crippen molar-refractivity contribution in [3.8, 4) is 0 Å². The minimum atomic E-state index is -0.271. The standard InChI is InChI=1S/C13H22N4O/c1-9(18)11(12(2,3)4)17-7-10(15-16-17)13(8-14)5-6-13/h7,11H,5-6,8,14H2,1-4H3. The molecule has 0 amide bonds. The van der Waals surface area contributed by atoms with Crippen LogP contribution in [0.3, 0.4) is 0 Å². The Morgan fingerprint density at radius 2 is 2.17 bits per heavy atom. The number of hydrogen-bond acceptors (Lipinski definition) is 4. The van der Waals surface area contributed by atoms with E-state index in [9.17, 15) is 4.79 Å². The van der Waals surface area contributed by atoms with Gasteiger partial charge in [0.05, 0.1) is 5.69 Å². The molecular weight excluding hydrogens is 228 g/mol. The van der Waals surface area contributed by atoms with Crippen molar-refractivity contribution < 1.29 is 4.79 Å². The molecule has 5 nitrogen and oxygen atoms in total. The summed E-state index contributed by atoms with van der Waals surface area (Å²) in [5.74, 6) is 0.108. The molecule has 2 N–H and O–H groups in total. The topological polar surface area (TPSA) is 73.8 Å². The Morgan fingerprint density at radius 3 is 2.56 bits per heavy atom. The highest BCUT2D eigenvalue weighted by molar-refractivity contribution is 5.80. The molecule has 100 valence electrons. The number of hydrogen-bond donors (Lipinski definition) is 1. The lowest BCUT2D eigenvalue weighted by molar-refractivity contribution is -0.123. The van der Waals surface area contributed by atoms with Crippen LogP contribution < -0.4 is 5.73 Å². The molecule has 1 aliphatic rings. The zero-order valence-electron chi connectivity index (χ0n) is 11.6. The lowest BCUT2D eigenvalue weighted by Crippen LogP contribution is -2.30. The Hall–Kier alpha value is -1.23. The van der Waals surface area contributed by atoms with Gasteiger partial charge in [-0.15, -0.1) is 5.10 Å². The maximum absolute atomic E-state index is 11.8. The number of nitrogens with two attached hydrogens (primary N) is 1. The van der Waals surface area contributed by atoms with Gasteiger partial charge in [-0.1, -0.05) is 26.0 Å². The first-order chi connectivity index (χ1) is 8.30. The van der Waals surface area contributed by atoms with Crippen LogP contribution in [-0.2, 0) is 10.2 Å². The van der Waals surface area contributed by atoms with Gasteiger partial charge in [0.15, 0.2) is 5.78 Å². The molecule has 1 fully saturated rings. The largest absolute Gasteiger partial charge is 0.330 e. The molecule has 0 radical (unpaired) electrons. The molecule has 0 bridgehead atoms. The normalized spacial score (nSPS) is 19.6. The molecule has 1 aliphatic carbocycles. The van der Waals surface area contributed by atoms with Crippen molar-refractivity contribution in [1.82, 2.24) is 15.0 Å². The number of carbonyl (C=O) groups is 1. The van der Waals surface area contributed by atoms with E-state index in [0.29, 0.717) is 6.54 Å². The van der Waals surface area contributed by atoms with Gasteiger partial charge in [0.2, 0.25) is 0 Å². The predicted octanol–water partition coefficient (Wildman–Crippen LogP) is 1.44. The molecule has 2 rings (SSSR count). The fourth-order valence-electron chi connectivity index (χ4n) is 2.55. The predicted molar refractivity (Wildman–Crippen MR) is 69.2 cm³/mol. The molecule has 0 saturated heterocycles.